The predicted molar refractivity (Wildman–Crippen MR) is 71.1 cm³/mol. The quantitative estimate of drug-likeness (QED) is 0.734. The van der Waals surface area contributed by atoms with Crippen LogP contribution < -0.4 is 10.6 Å². The Morgan fingerprint density at radius 2 is 2.00 bits per heavy atom. The number of rotatable bonds is 4. The Hall–Kier alpha value is -1.03. The molecule has 1 saturated heterocycles. The van der Waals surface area contributed by atoms with Crippen molar-refractivity contribution in [1.82, 2.24) is 15.5 Å². The number of hydrogen-bond acceptors (Lipinski definition) is 2. The van der Waals surface area contributed by atoms with Crippen LogP contribution in [-0.4, -0.2) is 43.2 Å². The molecule has 0 radical (unpaired) electrons. The predicted octanol–water partition coefficient (Wildman–Crippen LogP) is 1.74. The molecule has 4 nitrogen and oxygen atoms in total. The Kier molecular flexibility index (Phi) is 6.05. The summed E-state index contributed by atoms with van der Waals surface area (Å²) < 4.78 is 0. The summed E-state index contributed by atoms with van der Waals surface area (Å²) in [5.41, 5.74) is 1.37. The summed E-state index contributed by atoms with van der Waals surface area (Å²) in [7, 11) is 0. The molecule has 0 aromatic rings. The van der Waals surface area contributed by atoms with Gasteiger partial charge in [0.2, 0.25) is 0 Å². The number of carbonyl (C=O) groups excluding carboxylic acids is 1. The molecule has 98 valence electrons. The average molecular weight is 239 g/mol. The van der Waals surface area contributed by atoms with E-state index in [2.05, 4.69) is 35.5 Å². The van der Waals surface area contributed by atoms with Gasteiger partial charge in [0, 0.05) is 32.2 Å². The molecule has 0 spiro atoms. The molecular weight excluding hydrogens is 214 g/mol. The topological polar surface area (TPSA) is 44.4 Å². The van der Waals surface area contributed by atoms with Crippen molar-refractivity contribution in [2.75, 3.05) is 26.2 Å². The highest BCUT2D eigenvalue weighted by molar-refractivity contribution is 5.74. The first-order valence-electron chi connectivity index (χ1n) is 6.52. The van der Waals surface area contributed by atoms with E-state index in [1.807, 2.05) is 6.92 Å². The summed E-state index contributed by atoms with van der Waals surface area (Å²) in [6.07, 6.45) is 4.36. The lowest BCUT2D eigenvalue weighted by Crippen LogP contribution is -2.47. The van der Waals surface area contributed by atoms with Gasteiger partial charge in [-0.2, -0.15) is 0 Å². The van der Waals surface area contributed by atoms with E-state index in [0.717, 1.165) is 32.5 Å². The van der Waals surface area contributed by atoms with Crippen LogP contribution in [0.2, 0.25) is 0 Å². The summed E-state index contributed by atoms with van der Waals surface area (Å²) in [6.45, 7) is 10.1. The fourth-order valence-electron chi connectivity index (χ4n) is 1.97. The third-order valence-electron chi connectivity index (χ3n) is 3.02. The fraction of sp³-hybridized carbons (Fsp3) is 0.769. The van der Waals surface area contributed by atoms with Gasteiger partial charge in [-0.3, -0.25) is 4.90 Å². The molecule has 1 aliphatic heterocycles. The number of carbonyl (C=O) groups is 1. The number of urea groups is 1. The molecule has 4 heteroatoms. The lowest BCUT2D eigenvalue weighted by atomic mass is 10.1. The van der Waals surface area contributed by atoms with Crippen LogP contribution in [-0.2, 0) is 0 Å². The third-order valence-corrected chi connectivity index (χ3v) is 3.02. The molecule has 0 aromatic carbocycles. The minimum absolute atomic E-state index is 0.0322. The van der Waals surface area contributed by atoms with E-state index >= 15 is 0 Å². The second kappa shape index (κ2) is 7.33. The maximum absolute atomic E-state index is 11.4. The second-order valence-corrected chi connectivity index (χ2v) is 4.86. The Bertz CT molecular complexity index is 264. The van der Waals surface area contributed by atoms with E-state index in [4.69, 9.17) is 0 Å². The second-order valence-electron chi connectivity index (χ2n) is 4.86. The van der Waals surface area contributed by atoms with Gasteiger partial charge in [-0.25, -0.2) is 4.79 Å². The first kappa shape index (κ1) is 14.0. The zero-order chi connectivity index (χ0) is 12.7. The standard InChI is InChI=1S/C13H25N3O/c1-4-14-13(17)15-12-6-9-16(10-7-12)8-5-11(2)3/h5,12H,4,6-10H2,1-3H3,(H2,14,15,17). The zero-order valence-electron chi connectivity index (χ0n) is 11.3. The Balaban J connectivity index is 2.21. The molecule has 1 aliphatic rings. The van der Waals surface area contributed by atoms with Crippen molar-refractivity contribution in [3.8, 4) is 0 Å². The maximum Gasteiger partial charge on any atom is 0.314 e. The van der Waals surface area contributed by atoms with Crippen molar-refractivity contribution in [3.05, 3.63) is 11.6 Å². The van der Waals surface area contributed by atoms with E-state index in [-0.39, 0.29) is 6.03 Å². The molecule has 0 aromatic heterocycles. The molecule has 0 unspecified atom stereocenters. The molecule has 1 heterocycles. The highest BCUT2D eigenvalue weighted by Gasteiger charge is 2.19. The molecule has 2 amide bonds. The highest BCUT2D eigenvalue weighted by atomic mass is 16.2. The van der Waals surface area contributed by atoms with E-state index in [9.17, 15) is 4.79 Å². The van der Waals surface area contributed by atoms with Crippen LogP contribution in [0.5, 0.6) is 0 Å². The minimum Gasteiger partial charge on any atom is -0.338 e. The normalized spacial score (nSPS) is 17.6. The van der Waals surface area contributed by atoms with Crippen molar-refractivity contribution in [2.24, 2.45) is 0 Å². The molecule has 0 aliphatic carbocycles. The third kappa shape index (κ3) is 5.73. The SMILES string of the molecule is CCNC(=O)NC1CCN(CC=C(C)C)CC1. The summed E-state index contributed by atoms with van der Waals surface area (Å²) in [4.78, 5) is 13.8. The van der Waals surface area contributed by atoms with Gasteiger partial charge in [0.05, 0.1) is 0 Å². The van der Waals surface area contributed by atoms with Gasteiger partial charge in [0.25, 0.3) is 0 Å². The minimum atomic E-state index is -0.0322. The lowest BCUT2D eigenvalue weighted by molar-refractivity contribution is 0.204. The van der Waals surface area contributed by atoms with Gasteiger partial charge in [-0.1, -0.05) is 11.6 Å². The molecule has 0 saturated carbocycles. The van der Waals surface area contributed by atoms with Crippen LogP contribution in [0.4, 0.5) is 4.79 Å². The number of piperidine rings is 1. The van der Waals surface area contributed by atoms with E-state index in [1.54, 1.807) is 0 Å². The van der Waals surface area contributed by atoms with Crippen LogP contribution >= 0.6 is 0 Å². The molecule has 17 heavy (non-hydrogen) atoms. The number of allylic oxidation sites excluding steroid dienone is 1. The average Bonchev–Trinajstić information content (AvgIpc) is 2.28. The van der Waals surface area contributed by atoms with Crippen molar-refractivity contribution < 1.29 is 4.79 Å². The van der Waals surface area contributed by atoms with Crippen molar-refractivity contribution in [2.45, 2.75) is 39.7 Å². The van der Waals surface area contributed by atoms with Gasteiger partial charge in [0.15, 0.2) is 0 Å². The van der Waals surface area contributed by atoms with Crippen LogP contribution in [0.3, 0.4) is 0 Å². The zero-order valence-corrected chi connectivity index (χ0v) is 11.3. The Labute approximate surface area is 104 Å². The largest absolute Gasteiger partial charge is 0.338 e. The highest BCUT2D eigenvalue weighted by Crippen LogP contribution is 2.10. The molecule has 1 fully saturated rings. The summed E-state index contributed by atoms with van der Waals surface area (Å²) in [6, 6.07) is 0.305. The molecule has 2 N–H and O–H groups in total. The van der Waals surface area contributed by atoms with Crippen LogP contribution in [0.15, 0.2) is 11.6 Å². The lowest BCUT2D eigenvalue weighted by Gasteiger charge is -2.31. The fourth-order valence-corrected chi connectivity index (χ4v) is 1.97. The van der Waals surface area contributed by atoms with Crippen molar-refractivity contribution >= 4 is 6.03 Å². The van der Waals surface area contributed by atoms with E-state index in [0.29, 0.717) is 12.6 Å². The van der Waals surface area contributed by atoms with Gasteiger partial charge in [-0.15, -0.1) is 0 Å². The van der Waals surface area contributed by atoms with Gasteiger partial charge in [-0.05, 0) is 33.6 Å². The number of nitrogens with zero attached hydrogens (tertiary/aromatic N) is 1. The van der Waals surface area contributed by atoms with Gasteiger partial charge < -0.3 is 10.6 Å². The molecular formula is C13H25N3O. The number of likely N-dealkylation sites (tertiary alicyclic amines) is 1. The molecule has 1 rings (SSSR count). The van der Waals surface area contributed by atoms with Gasteiger partial charge in [0.1, 0.15) is 0 Å². The van der Waals surface area contributed by atoms with Crippen LogP contribution in [0.1, 0.15) is 33.6 Å². The van der Waals surface area contributed by atoms with E-state index < -0.39 is 0 Å². The number of amides is 2. The van der Waals surface area contributed by atoms with Crippen molar-refractivity contribution in [3.63, 3.8) is 0 Å². The summed E-state index contributed by atoms with van der Waals surface area (Å²) >= 11 is 0. The summed E-state index contributed by atoms with van der Waals surface area (Å²) in [5.74, 6) is 0. The van der Waals surface area contributed by atoms with Crippen molar-refractivity contribution in [1.29, 1.82) is 0 Å². The van der Waals surface area contributed by atoms with Crippen LogP contribution in [0.25, 0.3) is 0 Å². The summed E-state index contributed by atoms with van der Waals surface area (Å²) in [5, 5.41) is 5.78. The maximum atomic E-state index is 11.4. The van der Waals surface area contributed by atoms with E-state index in [1.165, 1.54) is 5.57 Å². The Morgan fingerprint density at radius 3 is 2.53 bits per heavy atom. The monoisotopic (exact) mass is 239 g/mol. The van der Waals surface area contributed by atoms with Crippen LogP contribution in [0, 0.1) is 0 Å². The Morgan fingerprint density at radius 1 is 1.35 bits per heavy atom. The first-order chi connectivity index (χ1) is 8.11. The van der Waals surface area contributed by atoms with Gasteiger partial charge >= 0.3 is 6.03 Å². The molecule has 0 atom stereocenters. The molecule has 0 bridgehead atoms. The first-order valence-corrected chi connectivity index (χ1v) is 6.52. The number of hydrogen-bond donors (Lipinski definition) is 2. The number of nitrogens with one attached hydrogen (secondary N) is 2. The smallest absolute Gasteiger partial charge is 0.314 e.